The average molecular weight is 305 g/mol. The van der Waals surface area contributed by atoms with Crippen LogP contribution < -0.4 is 15.8 Å². The van der Waals surface area contributed by atoms with E-state index in [9.17, 15) is 4.79 Å². The number of aromatic nitrogens is 1. The molecule has 0 radical (unpaired) electrons. The number of nitrogens with two attached hydrogens (primary N) is 1. The molecule has 112 valence electrons. The van der Waals surface area contributed by atoms with Crippen molar-refractivity contribution in [2.45, 2.75) is 13.8 Å². The summed E-state index contributed by atoms with van der Waals surface area (Å²) in [6.07, 6.45) is 0. The van der Waals surface area contributed by atoms with Gasteiger partial charge in [0.05, 0.1) is 12.8 Å². The maximum Gasteiger partial charge on any atom is 0.265 e. The van der Waals surface area contributed by atoms with E-state index < -0.39 is 0 Å². The first-order valence-electron chi connectivity index (χ1n) is 6.70. The molecule has 0 unspecified atom stereocenters. The summed E-state index contributed by atoms with van der Waals surface area (Å²) in [6, 6.07) is 7.43. The first-order chi connectivity index (χ1) is 10.0. The molecule has 0 aliphatic carbocycles. The van der Waals surface area contributed by atoms with Gasteiger partial charge < -0.3 is 15.8 Å². The highest BCUT2D eigenvalue weighted by Gasteiger charge is 2.18. The molecule has 2 aromatic rings. The molecular weight excluding hydrogens is 286 g/mol. The van der Waals surface area contributed by atoms with Gasteiger partial charge in [-0.3, -0.25) is 4.79 Å². The molecule has 0 aliphatic rings. The summed E-state index contributed by atoms with van der Waals surface area (Å²) < 4.78 is 9.42. The minimum Gasteiger partial charge on any atom is -0.497 e. The quantitative estimate of drug-likeness (QED) is 0.890. The summed E-state index contributed by atoms with van der Waals surface area (Å²) in [5, 5.41) is 2.85. The Balaban J connectivity index is 2.21. The number of carbonyl (C=O) groups excluding carboxylic acids is 1. The monoisotopic (exact) mass is 305 g/mol. The second-order valence-electron chi connectivity index (χ2n) is 5.11. The van der Waals surface area contributed by atoms with Gasteiger partial charge >= 0.3 is 0 Å². The van der Waals surface area contributed by atoms with Crippen molar-refractivity contribution in [1.29, 1.82) is 0 Å². The Bertz CT molecular complexity index is 620. The molecule has 0 saturated carbocycles. The second kappa shape index (κ2) is 6.58. The molecule has 1 aromatic carbocycles. The normalized spacial score (nSPS) is 10.7. The van der Waals surface area contributed by atoms with Gasteiger partial charge in [0, 0.05) is 12.1 Å². The highest BCUT2D eigenvalue weighted by atomic mass is 32.1. The van der Waals surface area contributed by atoms with Crippen LogP contribution >= 0.6 is 11.5 Å². The summed E-state index contributed by atoms with van der Waals surface area (Å²) in [4.78, 5) is 12.5. The number of nitrogen functional groups attached to an aromatic ring is 1. The first kappa shape index (κ1) is 15.3. The van der Waals surface area contributed by atoms with Gasteiger partial charge in [-0.2, -0.15) is 4.37 Å². The zero-order chi connectivity index (χ0) is 15.4. The third kappa shape index (κ3) is 3.52. The highest BCUT2D eigenvalue weighted by Crippen LogP contribution is 2.31. The van der Waals surface area contributed by atoms with E-state index in [2.05, 4.69) is 9.69 Å². The number of ether oxygens (including phenoxy) is 1. The van der Waals surface area contributed by atoms with Gasteiger partial charge in [0.25, 0.3) is 5.91 Å². The van der Waals surface area contributed by atoms with Crippen molar-refractivity contribution in [2.75, 3.05) is 19.4 Å². The van der Waals surface area contributed by atoms with Crippen LogP contribution in [0, 0.1) is 5.92 Å². The van der Waals surface area contributed by atoms with Crippen LogP contribution in [0.25, 0.3) is 11.3 Å². The number of rotatable bonds is 5. The molecule has 5 nitrogen and oxygen atoms in total. The van der Waals surface area contributed by atoms with Gasteiger partial charge in [0.2, 0.25) is 0 Å². The smallest absolute Gasteiger partial charge is 0.265 e. The topological polar surface area (TPSA) is 77.2 Å². The van der Waals surface area contributed by atoms with Crippen LogP contribution in [0.1, 0.15) is 23.5 Å². The Morgan fingerprint density at radius 1 is 1.38 bits per heavy atom. The molecule has 0 saturated heterocycles. The first-order valence-corrected chi connectivity index (χ1v) is 7.48. The van der Waals surface area contributed by atoms with E-state index >= 15 is 0 Å². The van der Waals surface area contributed by atoms with Gasteiger partial charge in [-0.25, -0.2) is 0 Å². The zero-order valence-electron chi connectivity index (χ0n) is 12.3. The van der Waals surface area contributed by atoms with E-state index in [1.807, 2.05) is 38.1 Å². The lowest BCUT2D eigenvalue weighted by molar-refractivity contribution is 0.0954. The Morgan fingerprint density at radius 3 is 2.62 bits per heavy atom. The summed E-state index contributed by atoms with van der Waals surface area (Å²) in [5.74, 6) is 0.991. The van der Waals surface area contributed by atoms with Crippen LogP contribution in [-0.2, 0) is 0 Å². The van der Waals surface area contributed by atoms with Crippen molar-refractivity contribution < 1.29 is 9.53 Å². The number of nitrogens with one attached hydrogen (secondary N) is 1. The van der Waals surface area contributed by atoms with Crippen molar-refractivity contribution in [2.24, 2.45) is 5.92 Å². The molecule has 0 bridgehead atoms. The Hall–Kier alpha value is -2.08. The minimum atomic E-state index is -0.168. The van der Waals surface area contributed by atoms with E-state index in [-0.39, 0.29) is 5.91 Å². The molecule has 6 heteroatoms. The molecule has 1 heterocycles. The summed E-state index contributed by atoms with van der Waals surface area (Å²) in [7, 11) is 1.61. The molecule has 0 aliphatic heterocycles. The number of anilines is 1. The lowest BCUT2D eigenvalue weighted by Crippen LogP contribution is -2.27. The van der Waals surface area contributed by atoms with Gasteiger partial charge in [-0.1, -0.05) is 13.8 Å². The lowest BCUT2D eigenvalue weighted by Gasteiger charge is -2.06. The number of benzene rings is 1. The Kier molecular flexibility index (Phi) is 4.80. The van der Waals surface area contributed by atoms with Gasteiger partial charge in [0.1, 0.15) is 16.3 Å². The second-order valence-corrected chi connectivity index (χ2v) is 5.88. The molecule has 0 atom stereocenters. The molecule has 1 amide bonds. The van der Waals surface area contributed by atoms with Crippen molar-refractivity contribution in [3.63, 3.8) is 0 Å². The predicted octanol–water partition coefficient (Wildman–Crippen LogP) is 2.79. The molecule has 0 fully saturated rings. The molecule has 1 aromatic heterocycles. The van der Waals surface area contributed by atoms with E-state index in [4.69, 9.17) is 10.5 Å². The number of amides is 1. The molecular formula is C15H19N3O2S. The van der Waals surface area contributed by atoms with Crippen molar-refractivity contribution in [3.8, 4) is 17.0 Å². The van der Waals surface area contributed by atoms with Crippen molar-refractivity contribution in [3.05, 3.63) is 29.1 Å². The summed E-state index contributed by atoms with van der Waals surface area (Å²) >= 11 is 1.12. The molecule has 3 N–H and O–H groups in total. The third-order valence-electron chi connectivity index (χ3n) is 2.97. The molecule has 21 heavy (non-hydrogen) atoms. The predicted molar refractivity (Wildman–Crippen MR) is 85.7 cm³/mol. The van der Waals surface area contributed by atoms with E-state index in [1.165, 1.54) is 0 Å². The molecule has 0 spiro atoms. The van der Waals surface area contributed by atoms with E-state index in [1.54, 1.807) is 7.11 Å². The van der Waals surface area contributed by atoms with Crippen molar-refractivity contribution in [1.82, 2.24) is 9.69 Å². The van der Waals surface area contributed by atoms with Crippen LogP contribution in [-0.4, -0.2) is 23.9 Å². The van der Waals surface area contributed by atoms with Gasteiger partial charge in [0.15, 0.2) is 0 Å². The number of hydrogen-bond donors (Lipinski definition) is 2. The van der Waals surface area contributed by atoms with Crippen LogP contribution in [0.15, 0.2) is 24.3 Å². The number of methoxy groups -OCH3 is 1. The van der Waals surface area contributed by atoms with Gasteiger partial charge in [-0.15, -0.1) is 0 Å². The lowest BCUT2D eigenvalue weighted by atomic mass is 10.1. The van der Waals surface area contributed by atoms with E-state index in [0.29, 0.717) is 28.7 Å². The van der Waals surface area contributed by atoms with Crippen LogP contribution in [0.3, 0.4) is 0 Å². The Morgan fingerprint density at radius 2 is 2.05 bits per heavy atom. The fourth-order valence-corrected chi connectivity index (χ4v) is 2.53. The van der Waals surface area contributed by atoms with Crippen LogP contribution in [0.2, 0.25) is 0 Å². The third-order valence-corrected chi connectivity index (χ3v) is 3.83. The number of nitrogens with zero attached hydrogens (tertiary/aromatic N) is 1. The largest absolute Gasteiger partial charge is 0.497 e. The standard InChI is InChI=1S/C15H19N3O2S/c1-9(2)8-17-15(19)14-12(16)13(18-21-14)10-4-6-11(20-3)7-5-10/h4-7,9H,8,16H2,1-3H3,(H,17,19). The fourth-order valence-electron chi connectivity index (χ4n) is 1.80. The van der Waals surface area contributed by atoms with Crippen molar-refractivity contribution >= 4 is 23.1 Å². The number of hydrogen-bond acceptors (Lipinski definition) is 5. The SMILES string of the molecule is COc1ccc(-c2nsc(C(=O)NCC(C)C)c2N)cc1. The molecule has 2 rings (SSSR count). The summed E-state index contributed by atoms with van der Waals surface area (Å²) in [5.41, 5.74) is 8.00. The fraction of sp³-hybridized carbons (Fsp3) is 0.333. The summed E-state index contributed by atoms with van der Waals surface area (Å²) in [6.45, 7) is 4.70. The van der Waals surface area contributed by atoms with Gasteiger partial charge in [-0.05, 0) is 41.7 Å². The average Bonchev–Trinajstić information content (AvgIpc) is 2.86. The van der Waals surface area contributed by atoms with Crippen LogP contribution in [0.5, 0.6) is 5.75 Å². The minimum absolute atomic E-state index is 0.168. The Labute approximate surface area is 128 Å². The van der Waals surface area contributed by atoms with E-state index in [0.717, 1.165) is 22.8 Å². The van der Waals surface area contributed by atoms with Crippen LogP contribution in [0.4, 0.5) is 5.69 Å². The number of carbonyl (C=O) groups is 1. The maximum absolute atomic E-state index is 12.1. The highest BCUT2D eigenvalue weighted by molar-refractivity contribution is 7.09. The zero-order valence-corrected chi connectivity index (χ0v) is 13.2. The maximum atomic E-state index is 12.1.